The Morgan fingerprint density at radius 1 is 0.556 bits per heavy atom. The molecule has 0 aliphatic heterocycles. The molecule has 8 aromatic rings. The second-order valence-electron chi connectivity index (χ2n) is 9.11. The molecule has 0 atom stereocenters. The number of aromatic nitrogens is 3. The van der Waals surface area contributed by atoms with Gasteiger partial charge in [0, 0.05) is 41.9 Å². The first-order chi connectivity index (χ1) is 17.8. The van der Waals surface area contributed by atoms with Crippen LogP contribution in [0.3, 0.4) is 0 Å². The van der Waals surface area contributed by atoms with Gasteiger partial charge in [0.05, 0.1) is 29.1 Å². The number of fused-ring (bicyclic) bond motifs is 8. The maximum atomic E-state index is 4.90. The Hall–Kier alpha value is -4.54. The van der Waals surface area contributed by atoms with Crippen molar-refractivity contribution in [2.24, 2.45) is 0 Å². The normalized spacial score (nSPS) is 11.9. The summed E-state index contributed by atoms with van der Waals surface area (Å²) >= 11 is 1.86. The van der Waals surface area contributed by atoms with Crippen LogP contribution in [-0.2, 0) is 0 Å². The largest absolute Gasteiger partial charge is 0.292 e. The lowest BCUT2D eigenvalue weighted by molar-refractivity contribution is 1.05. The zero-order valence-electron chi connectivity index (χ0n) is 19.2. The van der Waals surface area contributed by atoms with E-state index in [1.165, 1.54) is 47.2 Å². The molecule has 0 saturated heterocycles. The zero-order valence-corrected chi connectivity index (χ0v) is 20.0. The lowest BCUT2D eigenvalue weighted by Crippen LogP contribution is -1.99. The summed E-state index contributed by atoms with van der Waals surface area (Å²) in [5.41, 5.74) is 4.25. The van der Waals surface area contributed by atoms with E-state index in [1.807, 2.05) is 41.9 Å². The molecule has 3 aromatic heterocycles. The van der Waals surface area contributed by atoms with Crippen LogP contribution in [0.1, 0.15) is 0 Å². The number of hydrogen-bond acceptors (Lipinski definition) is 3. The van der Waals surface area contributed by atoms with E-state index in [-0.39, 0.29) is 0 Å². The van der Waals surface area contributed by atoms with Gasteiger partial charge in [0.2, 0.25) is 0 Å². The third-order valence-electron chi connectivity index (χ3n) is 7.08. The van der Waals surface area contributed by atoms with E-state index in [2.05, 4.69) is 89.5 Å². The molecule has 0 spiro atoms. The number of para-hydroxylation sites is 1. The monoisotopic (exact) mass is 477 g/mol. The predicted molar refractivity (Wildman–Crippen MR) is 152 cm³/mol. The summed E-state index contributed by atoms with van der Waals surface area (Å²) in [6.45, 7) is 0. The van der Waals surface area contributed by atoms with Crippen molar-refractivity contribution < 1.29 is 0 Å². The van der Waals surface area contributed by atoms with Gasteiger partial charge in [-0.05, 0) is 29.7 Å². The molecule has 36 heavy (non-hydrogen) atoms. The Morgan fingerprint density at radius 3 is 2.22 bits per heavy atom. The van der Waals surface area contributed by atoms with Crippen LogP contribution in [0.25, 0.3) is 69.8 Å². The van der Waals surface area contributed by atoms with Crippen LogP contribution < -0.4 is 0 Å². The summed E-state index contributed by atoms with van der Waals surface area (Å²) < 4.78 is 4.90. The van der Waals surface area contributed by atoms with Gasteiger partial charge in [-0.25, -0.2) is 4.98 Å². The SMILES string of the molecule is c1ccc(-c2cnc(-n3c4ccccc4c4ccc5cc6c(cc5c43)sc3ccccc36)cn2)cc1. The van der Waals surface area contributed by atoms with Gasteiger partial charge in [0.1, 0.15) is 0 Å². The van der Waals surface area contributed by atoms with E-state index in [9.17, 15) is 0 Å². The van der Waals surface area contributed by atoms with Gasteiger partial charge in [0.15, 0.2) is 5.82 Å². The first-order valence-corrected chi connectivity index (χ1v) is 12.8. The Labute approximate surface area is 210 Å². The minimum Gasteiger partial charge on any atom is -0.292 e. The molecule has 0 radical (unpaired) electrons. The molecule has 0 aliphatic rings. The number of benzene rings is 5. The maximum absolute atomic E-state index is 4.90. The van der Waals surface area contributed by atoms with E-state index in [0.29, 0.717) is 0 Å². The van der Waals surface area contributed by atoms with Crippen LogP contribution in [0.2, 0.25) is 0 Å². The molecule has 0 N–H and O–H groups in total. The lowest BCUT2D eigenvalue weighted by Gasteiger charge is -2.10. The molecule has 8 rings (SSSR count). The van der Waals surface area contributed by atoms with Crippen LogP contribution in [0.4, 0.5) is 0 Å². The smallest absolute Gasteiger partial charge is 0.156 e. The number of nitrogens with zero attached hydrogens (tertiary/aromatic N) is 3. The molecular formula is C32H19N3S. The van der Waals surface area contributed by atoms with E-state index in [1.54, 1.807) is 0 Å². The second-order valence-corrected chi connectivity index (χ2v) is 10.2. The van der Waals surface area contributed by atoms with Gasteiger partial charge in [-0.2, -0.15) is 0 Å². The summed E-state index contributed by atoms with van der Waals surface area (Å²) in [5.74, 6) is 0.824. The van der Waals surface area contributed by atoms with Crippen molar-refractivity contribution in [2.45, 2.75) is 0 Å². The molecule has 5 aromatic carbocycles. The van der Waals surface area contributed by atoms with E-state index < -0.39 is 0 Å². The third-order valence-corrected chi connectivity index (χ3v) is 8.22. The van der Waals surface area contributed by atoms with Crippen LogP contribution in [-0.4, -0.2) is 14.5 Å². The van der Waals surface area contributed by atoms with Gasteiger partial charge in [0.25, 0.3) is 0 Å². The van der Waals surface area contributed by atoms with Crippen LogP contribution >= 0.6 is 11.3 Å². The Morgan fingerprint density at radius 2 is 1.36 bits per heavy atom. The minimum atomic E-state index is 0.824. The maximum Gasteiger partial charge on any atom is 0.156 e. The number of thiophene rings is 1. The summed E-state index contributed by atoms with van der Waals surface area (Å²) in [5, 5.41) is 7.56. The molecule has 0 bridgehead atoms. The van der Waals surface area contributed by atoms with Gasteiger partial charge >= 0.3 is 0 Å². The molecule has 3 heterocycles. The molecule has 0 saturated carbocycles. The van der Waals surface area contributed by atoms with Crippen molar-refractivity contribution in [1.82, 2.24) is 14.5 Å². The van der Waals surface area contributed by atoms with Crippen LogP contribution in [0.5, 0.6) is 0 Å². The predicted octanol–water partition coefficient (Wildman–Crippen LogP) is 8.76. The van der Waals surface area contributed by atoms with Crippen molar-refractivity contribution in [3.05, 3.63) is 116 Å². The number of hydrogen-bond donors (Lipinski definition) is 0. The molecule has 0 unspecified atom stereocenters. The highest BCUT2D eigenvalue weighted by Gasteiger charge is 2.17. The van der Waals surface area contributed by atoms with Crippen molar-refractivity contribution in [3.63, 3.8) is 0 Å². The first-order valence-electron chi connectivity index (χ1n) is 12.0. The molecular weight excluding hydrogens is 458 g/mol. The quantitative estimate of drug-likeness (QED) is 0.249. The summed E-state index contributed by atoms with van der Waals surface area (Å²) in [6, 6.07) is 36.6. The minimum absolute atomic E-state index is 0.824. The van der Waals surface area contributed by atoms with Gasteiger partial charge < -0.3 is 0 Å². The zero-order chi connectivity index (χ0) is 23.6. The highest BCUT2D eigenvalue weighted by molar-refractivity contribution is 7.25. The average Bonchev–Trinajstić information content (AvgIpc) is 3.48. The Bertz CT molecular complexity index is 2080. The fourth-order valence-corrected chi connectivity index (χ4v) is 6.56. The van der Waals surface area contributed by atoms with E-state index >= 15 is 0 Å². The summed E-state index contributed by atoms with van der Waals surface area (Å²) in [4.78, 5) is 9.70. The highest BCUT2D eigenvalue weighted by atomic mass is 32.1. The van der Waals surface area contributed by atoms with E-state index in [0.717, 1.165) is 22.6 Å². The summed E-state index contributed by atoms with van der Waals surface area (Å²) in [7, 11) is 0. The first kappa shape index (κ1) is 19.7. The topological polar surface area (TPSA) is 30.7 Å². The van der Waals surface area contributed by atoms with Crippen LogP contribution in [0.15, 0.2) is 116 Å². The standard InChI is InChI=1S/C32H19N3S/c1-2-8-20(9-3-1)27-18-34-31(19-33-27)35-28-12-6-4-10-22(28)24-15-14-21-16-26-23-11-5-7-13-29(23)36-30(26)17-25(21)32(24)35/h1-19H. The number of rotatable bonds is 2. The van der Waals surface area contributed by atoms with Gasteiger partial charge in [-0.3, -0.25) is 9.55 Å². The van der Waals surface area contributed by atoms with Crippen molar-refractivity contribution in [3.8, 4) is 17.1 Å². The highest BCUT2D eigenvalue weighted by Crippen LogP contribution is 2.41. The van der Waals surface area contributed by atoms with E-state index in [4.69, 9.17) is 9.97 Å². The molecule has 0 aliphatic carbocycles. The molecule has 0 fully saturated rings. The molecule has 0 amide bonds. The third kappa shape index (κ3) is 2.79. The van der Waals surface area contributed by atoms with Crippen molar-refractivity contribution >= 4 is 64.1 Å². The van der Waals surface area contributed by atoms with Gasteiger partial charge in [-0.1, -0.05) is 78.9 Å². The molecule has 4 heteroatoms. The molecule has 3 nitrogen and oxygen atoms in total. The fourth-order valence-electron chi connectivity index (χ4n) is 5.44. The second kappa shape index (κ2) is 7.48. The molecule has 168 valence electrons. The fraction of sp³-hybridized carbons (Fsp3) is 0. The van der Waals surface area contributed by atoms with Crippen LogP contribution in [0, 0.1) is 0 Å². The lowest BCUT2D eigenvalue weighted by atomic mass is 10.0. The van der Waals surface area contributed by atoms with Crippen molar-refractivity contribution in [1.29, 1.82) is 0 Å². The average molecular weight is 478 g/mol. The van der Waals surface area contributed by atoms with Crippen molar-refractivity contribution in [2.75, 3.05) is 0 Å². The summed E-state index contributed by atoms with van der Waals surface area (Å²) in [6.07, 6.45) is 3.77. The Balaban J connectivity index is 1.45. The Kier molecular flexibility index (Phi) is 4.10. The van der Waals surface area contributed by atoms with Gasteiger partial charge in [-0.15, -0.1) is 11.3 Å².